The zero-order chi connectivity index (χ0) is 11.5. The largest absolute Gasteiger partial charge is 0.327 e. The van der Waals surface area contributed by atoms with Crippen molar-refractivity contribution in [3.05, 3.63) is 0 Å². The van der Waals surface area contributed by atoms with Crippen LogP contribution >= 0.6 is 0 Å². The van der Waals surface area contributed by atoms with Crippen LogP contribution in [0.2, 0.25) is 0 Å². The van der Waals surface area contributed by atoms with E-state index in [-0.39, 0.29) is 6.04 Å². The van der Waals surface area contributed by atoms with Gasteiger partial charge in [-0.1, -0.05) is 26.7 Å². The van der Waals surface area contributed by atoms with Crippen molar-refractivity contribution in [3.8, 4) is 0 Å². The van der Waals surface area contributed by atoms with Gasteiger partial charge in [0.05, 0.1) is 11.5 Å². The molecule has 0 aliphatic carbocycles. The van der Waals surface area contributed by atoms with Crippen LogP contribution in [-0.4, -0.2) is 26.0 Å². The molecule has 1 rings (SSSR count). The molecule has 4 heteroatoms. The van der Waals surface area contributed by atoms with Crippen LogP contribution in [0.5, 0.6) is 0 Å². The first kappa shape index (κ1) is 13.0. The molecule has 0 bridgehead atoms. The van der Waals surface area contributed by atoms with Gasteiger partial charge < -0.3 is 5.73 Å². The third-order valence-electron chi connectivity index (χ3n) is 3.59. The van der Waals surface area contributed by atoms with Crippen molar-refractivity contribution < 1.29 is 8.42 Å². The normalized spacial score (nSPS) is 27.1. The summed E-state index contributed by atoms with van der Waals surface area (Å²) < 4.78 is 22.6. The SMILES string of the molecule is CCC(CC)C(N)CC1CCS(=O)(=O)C1. The van der Waals surface area contributed by atoms with Crippen LogP contribution in [0, 0.1) is 11.8 Å². The summed E-state index contributed by atoms with van der Waals surface area (Å²) in [5, 5.41) is 0. The van der Waals surface area contributed by atoms with Gasteiger partial charge in [0.2, 0.25) is 0 Å². The minimum absolute atomic E-state index is 0.179. The molecule has 0 amide bonds. The first-order valence-electron chi connectivity index (χ1n) is 5.94. The quantitative estimate of drug-likeness (QED) is 0.784. The van der Waals surface area contributed by atoms with Crippen molar-refractivity contribution in [3.63, 3.8) is 0 Å². The lowest BCUT2D eigenvalue weighted by atomic mass is 9.87. The van der Waals surface area contributed by atoms with E-state index in [1.54, 1.807) is 0 Å². The molecule has 2 N–H and O–H groups in total. The van der Waals surface area contributed by atoms with Crippen LogP contribution in [0.4, 0.5) is 0 Å². The fourth-order valence-electron chi connectivity index (χ4n) is 2.53. The molecule has 0 aromatic carbocycles. The van der Waals surface area contributed by atoms with Crippen LogP contribution in [0.3, 0.4) is 0 Å². The molecule has 0 spiro atoms. The standard InChI is InChI=1S/C11H23NO2S/c1-3-10(4-2)11(12)7-9-5-6-15(13,14)8-9/h9-11H,3-8,12H2,1-2H3. The van der Waals surface area contributed by atoms with E-state index in [0.29, 0.717) is 23.3 Å². The summed E-state index contributed by atoms with van der Waals surface area (Å²) in [5.41, 5.74) is 6.11. The molecule has 15 heavy (non-hydrogen) atoms. The van der Waals surface area contributed by atoms with E-state index in [1.165, 1.54) is 0 Å². The van der Waals surface area contributed by atoms with Gasteiger partial charge in [0.25, 0.3) is 0 Å². The summed E-state index contributed by atoms with van der Waals surface area (Å²) in [6.07, 6.45) is 3.88. The second kappa shape index (κ2) is 5.30. The average Bonchev–Trinajstić information content (AvgIpc) is 2.47. The maximum absolute atomic E-state index is 11.3. The summed E-state index contributed by atoms with van der Waals surface area (Å²) in [4.78, 5) is 0. The first-order valence-corrected chi connectivity index (χ1v) is 7.76. The summed E-state index contributed by atoms with van der Waals surface area (Å²) in [5.74, 6) is 1.59. The van der Waals surface area contributed by atoms with Crippen LogP contribution in [-0.2, 0) is 9.84 Å². The molecule has 0 aromatic heterocycles. The molecule has 0 aromatic rings. The summed E-state index contributed by atoms with van der Waals surface area (Å²) in [6.45, 7) is 4.30. The Morgan fingerprint density at radius 3 is 2.33 bits per heavy atom. The van der Waals surface area contributed by atoms with Crippen LogP contribution < -0.4 is 5.73 Å². The zero-order valence-corrected chi connectivity index (χ0v) is 10.6. The minimum Gasteiger partial charge on any atom is -0.327 e. The topological polar surface area (TPSA) is 60.2 Å². The lowest BCUT2D eigenvalue weighted by Crippen LogP contribution is -2.32. The Kier molecular flexibility index (Phi) is 4.59. The zero-order valence-electron chi connectivity index (χ0n) is 9.78. The molecule has 1 aliphatic rings. The minimum atomic E-state index is -2.74. The van der Waals surface area contributed by atoms with Crippen molar-refractivity contribution in [1.29, 1.82) is 0 Å². The van der Waals surface area contributed by atoms with E-state index in [0.717, 1.165) is 25.7 Å². The van der Waals surface area contributed by atoms with E-state index in [9.17, 15) is 8.42 Å². The Balaban J connectivity index is 2.42. The maximum Gasteiger partial charge on any atom is 0.150 e. The highest BCUT2D eigenvalue weighted by molar-refractivity contribution is 7.91. The predicted molar refractivity (Wildman–Crippen MR) is 63.4 cm³/mol. The Bertz CT molecular complexity index is 283. The van der Waals surface area contributed by atoms with E-state index >= 15 is 0 Å². The molecule has 3 nitrogen and oxygen atoms in total. The molecule has 0 saturated carbocycles. The van der Waals surface area contributed by atoms with Crippen molar-refractivity contribution >= 4 is 9.84 Å². The smallest absolute Gasteiger partial charge is 0.150 e. The number of nitrogens with two attached hydrogens (primary N) is 1. The van der Waals surface area contributed by atoms with Crippen molar-refractivity contribution in [2.45, 2.75) is 45.6 Å². The Morgan fingerprint density at radius 2 is 1.93 bits per heavy atom. The van der Waals surface area contributed by atoms with Gasteiger partial charge in [-0.05, 0) is 24.7 Å². The number of rotatable bonds is 5. The van der Waals surface area contributed by atoms with Gasteiger partial charge >= 0.3 is 0 Å². The van der Waals surface area contributed by atoms with Crippen LogP contribution in [0.25, 0.3) is 0 Å². The highest BCUT2D eigenvalue weighted by Gasteiger charge is 2.30. The van der Waals surface area contributed by atoms with E-state index < -0.39 is 9.84 Å². The van der Waals surface area contributed by atoms with Gasteiger partial charge in [0, 0.05) is 6.04 Å². The second-order valence-corrected chi connectivity index (χ2v) is 6.97. The molecule has 90 valence electrons. The Hall–Kier alpha value is -0.0900. The molecular formula is C11H23NO2S. The van der Waals surface area contributed by atoms with Gasteiger partial charge in [0.1, 0.15) is 0 Å². The first-order chi connectivity index (χ1) is 6.98. The summed E-state index contributed by atoms with van der Waals surface area (Å²) in [7, 11) is -2.74. The second-order valence-electron chi connectivity index (χ2n) is 4.75. The number of hydrogen-bond acceptors (Lipinski definition) is 3. The van der Waals surface area contributed by atoms with Gasteiger partial charge in [0.15, 0.2) is 9.84 Å². The van der Waals surface area contributed by atoms with Crippen molar-refractivity contribution in [1.82, 2.24) is 0 Å². The molecule has 1 fully saturated rings. The van der Waals surface area contributed by atoms with Gasteiger partial charge in [-0.15, -0.1) is 0 Å². The molecule has 1 aliphatic heterocycles. The van der Waals surface area contributed by atoms with Gasteiger partial charge in [-0.2, -0.15) is 0 Å². The summed E-state index contributed by atoms with van der Waals surface area (Å²) >= 11 is 0. The van der Waals surface area contributed by atoms with Crippen molar-refractivity contribution in [2.24, 2.45) is 17.6 Å². The van der Waals surface area contributed by atoms with Crippen molar-refractivity contribution in [2.75, 3.05) is 11.5 Å². The lowest BCUT2D eigenvalue weighted by molar-refractivity contribution is 0.338. The van der Waals surface area contributed by atoms with E-state index in [2.05, 4.69) is 13.8 Å². The fourth-order valence-corrected chi connectivity index (χ4v) is 4.41. The number of sulfone groups is 1. The molecule has 1 heterocycles. The van der Waals surface area contributed by atoms with Gasteiger partial charge in [-0.3, -0.25) is 0 Å². The highest BCUT2D eigenvalue weighted by Crippen LogP contribution is 2.26. The Morgan fingerprint density at radius 1 is 1.33 bits per heavy atom. The molecule has 2 atom stereocenters. The monoisotopic (exact) mass is 233 g/mol. The van der Waals surface area contributed by atoms with Gasteiger partial charge in [-0.25, -0.2) is 8.42 Å². The maximum atomic E-state index is 11.3. The third-order valence-corrected chi connectivity index (χ3v) is 5.42. The van der Waals surface area contributed by atoms with Crippen LogP contribution in [0.1, 0.15) is 39.5 Å². The summed E-state index contributed by atoms with van der Waals surface area (Å²) in [6, 6.07) is 0.179. The Labute approximate surface area is 93.3 Å². The fraction of sp³-hybridized carbons (Fsp3) is 1.00. The average molecular weight is 233 g/mol. The van der Waals surface area contributed by atoms with Crippen LogP contribution in [0.15, 0.2) is 0 Å². The highest BCUT2D eigenvalue weighted by atomic mass is 32.2. The molecule has 2 unspecified atom stereocenters. The molecule has 0 radical (unpaired) electrons. The predicted octanol–water partition coefficient (Wildman–Crippen LogP) is 1.57. The van der Waals surface area contributed by atoms with E-state index in [4.69, 9.17) is 5.73 Å². The molecular weight excluding hydrogens is 210 g/mol. The third kappa shape index (κ3) is 3.76. The lowest BCUT2D eigenvalue weighted by Gasteiger charge is -2.23. The molecule has 1 saturated heterocycles. The van der Waals surface area contributed by atoms with E-state index in [1.807, 2.05) is 0 Å². The number of hydrogen-bond donors (Lipinski definition) is 1.